The number of aliphatic hydroxyl groups excluding tert-OH is 1. The van der Waals surface area contributed by atoms with Crippen molar-refractivity contribution in [1.82, 2.24) is 5.32 Å². The van der Waals surface area contributed by atoms with E-state index in [4.69, 9.17) is 9.05 Å². The van der Waals surface area contributed by atoms with Crippen molar-refractivity contribution in [1.29, 1.82) is 0 Å². The Labute approximate surface area is 341 Å². The predicted molar refractivity (Wildman–Crippen MR) is 235 cm³/mol. The minimum absolute atomic E-state index is 0.0699. The van der Waals surface area contributed by atoms with E-state index in [2.05, 4.69) is 43.5 Å². The van der Waals surface area contributed by atoms with Gasteiger partial charge in [0.15, 0.2) is 0 Å². The highest BCUT2D eigenvalue weighted by Crippen LogP contribution is 2.43. The molecule has 0 radical (unpaired) electrons. The lowest BCUT2D eigenvalue weighted by atomic mass is 10.0. The van der Waals surface area contributed by atoms with E-state index in [1.807, 2.05) is 21.1 Å². The highest BCUT2D eigenvalue weighted by atomic mass is 31.2. The average Bonchev–Trinajstić information content (AvgIpc) is 3.13. The fourth-order valence-corrected chi connectivity index (χ4v) is 7.42. The summed E-state index contributed by atoms with van der Waals surface area (Å²) >= 11 is 0. The number of phosphoric acid groups is 1. The predicted octanol–water partition coefficient (Wildman–Crippen LogP) is 12.9. The molecule has 0 spiro atoms. The number of rotatable bonds is 42. The summed E-state index contributed by atoms with van der Waals surface area (Å²) in [5.41, 5.74) is 0. The van der Waals surface area contributed by atoms with Crippen LogP contribution in [-0.4, -0.2) is 73.4 Å². The number of unbranched alkanes of at least 4 members (excludes halogenated alkanes) is 25. The number of quaternary nitrogens is 1. The van der Waals surface area contributed by atoms with Crippen LogP contribution in [0.25, 0.3) is 0 Å². The Balaban J connectivity index is 4.34. The van der Waals surface area contributed by atoms with Gasteiger partial charge in [-0.15, -0.1) is 0 Å². The monoisotopic (exact) mass is 800 g/mol. The summed E-state index contributed by atoms with van der Waals surface area (Å²) in [6.07, 6.45) is 44.9. The number of nitrogens with zero attached hydrogens (tertiary/aromatic N) is 1. The average molecular weight is 800 g/mol. The molecule has 0 saturated carbocycles. The number of carbonyl (C=O) groups excluding carboxylic acids is 1. The van der Waals surface area contributed by atoms with Gasteiger partial charge in [0.2, 0.25) is 5.91 Å². The maximum Gasteiger partial charge on any atom is 0.472 e. The van der Waals surface area contributed by atoms with Crippen LogP contribution >= 0.6 is 7.82 Å². The molecule has 0 aliphatic rings. The van der Waals surface area contributed by atoms with Crippen molar-refractivity contribution in [3.63, 3.8) is 0 Å². The van der Waals surface area contributed by atoms with Crippen LogP contribution in [-0.2, 0) is 18.4 Å². The van der Waals surface area contributed by atoms with Crippen molar-refractivity contribution in [2.24, 2.45) is 0 Å². The molecule has 0 saturated heterocycles. The molecule has 0 rings (SSSR count). The molecule has 1 amide bonds. The number of allylic oxidation sites excluding steroid dienone is 4. The summed E-state index contributed by atoms with van der Waals surface area (Å²) in [7, 11) is 1.60. The summed E-state index contributed by atoms with van der Waals surface area (Å²) in [4.78, 5) is 23.2. The Morgan fingerprint density at radius 1 is 0.600 bits per heavy atom. The van der Waals surface area contributed by atoms with Crippen molar-refractivity contribution in [3.05, 3.63) is 24.3 Å². The van der Waals surface area contributed by atoms with Gasteiger partial charge in [-0.1, -0.05) is 167 Å². The van der Waals surface area contributed by atoms with E-state index in [1.54, 1.807) is 0 Å². The largest absolute Gasteiger partial charge is 0.472 e. The molecule has 0 heterocycles. The maximum absolute atomic E-state index is 12.9. The standard InChI is InChI=1S/C46H91N2O6P/c1-6-8-10-12-14-16-18-20-22-23-24-25-26-28-30-32-34-36-38-40-46(50)47-44(43-54-55(51,52)53-42-41-48(3,4)5)45(49)39-37-35-33-31-29-27-21-19-17-15-13-11-9-7-2/h20,22,29,31,44-45,49H,6-19,21,23-28,30,32-43H2,1-5H3,(H-,47,50,51,52)/p+1/b22-20+,31-29+/t44-,45+/m0/s1. The Bertz CT molecular complexity index is 953. The summed E-state index contributed by atoms with van der Waals surface area (Å²) in [5.74, 6) is -0.156. The second-order valence-electron chi connectivity index (χ2n) is 17.1. The smallest absolute Gasteiger partial charge is 0.391 e. The number of carbonyl (C=O) groups is 1. The first-order chi connectivity index (χ1) is 26.5. The third kappa shape index (κ3) is 41.0. The number of amides is 1. The molecule has 55 heavy (non-hydrogen) atoms. The van der Waals surface area contributed by atoms with Crippen LogP contribution in [0.4, 0.5) is 0 Å². The molecule has 0 aliphatic carbocycles. The van der Waals surface area contributed by atoms with Crippen LogP contribution < -0.4 is 5.32 Å². The molecule has 8 nitrogen and oxygen atoms in total. The number of likely N-dealkylation sites (N-methyl/N-ethyl adjacent to an activating group) is 1. The fourth-order valence-electron chi connectivity index (χ4n) is 6.68. The van der Waals surface area contributed by atoms with Gasteiger partial charge in [0.25, 0.3) is 0 Å². The Hall–Kier alpha value is -1.02. The van der Waals surface area contributed by atoms with Crippen molar-refractivity contribution < 1.29 is 32.9 Å². The van der Waals surface area contributed by atoms with Gasteiger partial charge >= 0.3 is 7.82 Å². The first kappa shape index (κ1) is 54.0. The molecule has 0 aromatic heterocycles. The molecule has 0 aliphatic heterocycles. The number of aliphatic hydroxyl groups is 1. The highest BCUT2D eigenvalue weighted by Gasteiger charge is 2.28. The topological polar surface area (TPSA) is 105 Å². The van der Waals surface area contributed by atoms with Crippen molar-refractivity contribution in [2.45, 2.75) is 225 Å². The van der Waals surface area contributed by atoms with Crippen LogP contribution in [0.3, 0.4) is 0 Å². The molecule has 0 bridgehead atoms. The molecule has 3 N–H and O–H groups in total. The Morgan fingerprint density at radius 2 is 0.982 bits per heavy atom. The van der Waals surface area contributed by atoms with E-state index in [1.165, 1.54) is 141 Å². The van der Waals surface area contributed by atoms with Crippen molar-refractivity contribution >= 4 is 13.7 Å². The van der Waals surface area contributed by atoms with E-state index < -0.39 is 20.0 Å². The third-order valence-electron chi connectivity index (χ3n) is 10.4. The van der Waals surface area contributed by atoms with E-state index >= 15 is 0 Å². The SMILES string of the molecule is CCCCCCCC/C=C/CCCCCCCCCCCC(=O)N[C@@H](COP(=O)(O)OCC[N+](C)(C)C)[C@H](O)CCCC/C=C/CCCCCCCCCC. The van der Waals surface area contributed by atoms with Crippen LogP contribution in [0.5, 0.6) is 0 Å². The van der Waals surface area contributed by atoms with Gasteiger partial charge < -0.3 is 19.8 Å². The van der Waals surface area contributed by atoms with E-state index in [0.717, 1.165) is 44.9 Å². The zero-order valence-corrected chi connectivity index (χ0v) is 37.8. The molecule has 1 unspecified atom stereocenters. The second-order valence-corrected chi connectivity index (χ2v) is 18.6. The van der Waals surface area contributed by atoms with Gasteiger partial charge in [0, 0.05) is 6.42 Å². The zero-order valence-electron chi connectivity index (χ0n) is 36.9. The maximum atomic E-state index is 12.9. The first-order valence-corrected chi connectivity index (χ1v) is 24.7. The van der Waals surface area contributed by atoms with E-state index in [9.17, 15) is 19.4 Å². The normalized spacial score (nSPS) is 14.5. The quantitative estimate of drug-likeness (QED) is 0.0246. The van der Waals surface area contributed by atoms with Crippen LogP contribution in [0.1, 0.15) is 213 Å². The van der Waals surface area contributed by atoms with Gasteiger partial charge in [0.05, 0.1) is 39.9 Å². The minimum atomic E-state index is -4.32. The second kappa shape index (κ2) is 38.5. The molecule has 326 valence electrons. The molecular formula is C46H92N2O6P+. The van der Waals surface area contributed by atoms with Crippen LogP contribution in [0, 0.1) is 0 Å². The van der Waals surface area contributed by atoms with E-state index in [-0.39, 0.29) is 19.1 Å². The lowest BCUT2D eigenvalue weighted by molar-refractivity contribution is -0.870. The summed E-state index contributed by atoms with van der Waals surface area (Å²) in [6.45, 7) is 4.86. The molecular weight excluding hydrogens is 707 g/mol. The number of phosphoric ester groups is 1. The van der Waals surface area contributed by atoms with Gasteiger partial charge in [-0.3, -0.25) is 13.8 Å². The Kier molecular flexibility index (Phi) is 37.8. The number of hydrogen-bond acceptors (Lipinski definition) is 5. The molecule has 0 aromatic rings. The van der Waals surface area contributed by atoms with Gasteiger partial charge in [-0.25, -0.2) is 4.57 Å². The zero-order chi connectivity index (χ0) is 40.7. The van der Waals surface area contributed by atoms with Crippen LogP contribution in [0.15, 0.2) is 24.3 Å². The van der Waals surface area contributed by atoms with Gasteiger partial charge in [-0.2, -0.15) is 0 Å². The molecule has 3 atom stereocenters. The fraction of sp³-hybridized carbons (Fsp3) is 0.891. The molecule has 0 fully saturated rings. The molecule has 0 aromatic carbocycles. The molecule has 9 heteroatoms. The Morgan fingerprint density at radius 3 is 1.40 bits per heavy atom. The highest BCUT2D eigenvalue weighted by molar-refractivity contribution is 7.47. The summed E-state index contributed by atoms with van der Waals surface area (Å²) in [5, 5.41) is 13.9. The van der Waals surface area contributed by atoms with Crippen molar-refractivity contribution in [3.8, 4) is 0 Å². The van der Waals surface area contributed by atoms with Crippen molar-refractivity contribution in [2.75, 3.05) is 40.9 Å². The lowest BCUT2D eigenvalue weighted by Gasteiger charge is -2.26. The first-order valence-electron chi connectivity index (χ1n) is 23.2. The number of hydrogen-bond donors (Lipinski definition) is 3. The third-order valence-corrected chi connectivity index (χ3v) is 11.4. The minimum Gasteiger partial charge on any atom is -0.391 e. The van der Waals surface area contributed by atoms with Crippen LogP contribution in [0.2, 0.25) is 0 Å². The summed E-state index contributed by atoms with van der Waals surface area (Å²) < 4.78 is 23.6. The van der Waals surface area contributed by atoms with Gasteiger partial charge in [0.1, 0.15) is 13.2 Å². The lowest BCUT2D eigenvalue weighted by Crippen LogP contribution is -2.46. The summed E-state index contributed by atoms with van der Waals surface area (Å²) in [6, 6.07) is -0.775. The number of nitrogens with one attached hydrogen (secondary N) is 1. The van der Waals surface area contributed by atoms with Gasteiger partial charge in [-0.05, 0) is 64.2 Å². The van der Waals surface area contributed by atoms with E-state index in [0.29, 0.717) is 23.9 Å².